The molecule has 8 heteroatoms. The molecule has 2 aliphatic rings. The molecule has 0 amide bonds. The number of aromatic nitrogens is 1. The van der Waals surface area contributed by atoms with Crippen molar-refractivity contribution in [2.75, 3.05) is 13.2 Å². The van der Waals surface area contributed by atoms with Gasteiger partial charge in [0.25, 0.3) is 0 Å². The van der Waals surface area contributed by atoms with Crippen molar-refractivity contribution in [3.05, 3.63) is 62.5 Å². The summed E-state index contributed by atoms with van der Waals surface area (Å²) in [4.78, 5) is 24.0. The lowest BCUT2D eigenvalue weighted by Crippen LogP contribution is -2.39. The van der Waals surface area contributed by atoms with Crippen molar-refractivity contribution < 1.29 is 13.9 Å². The van der Waals surface area contributed by atoms with Gasteiger partial charge in [0.1, 0.15) is 11.9 Å². The molecule has 5 nitrogen and oxygen atoms in total. The van der Waals surface area contributed by atoms with Crippen molar-refractivity contribution >= 4 is 34.7 Å². The van der Waals surface area contributed by atoms with E-state index in [1.54, 1.807) is 19.2 Å². The molecule has 4 rings (SSSR count). The number of hydrogen-bond acceptors (Lipinski definition) is 6. The number of benzene rings is 1. The van der Waals surface area contributed by atoms with Crippen LogP contribution in [0.5, 0.6) is 0 Å². The van der Waals surface area contributed by atoms with Gasteiger partial charge in [-0.1, -0.05) is 17.7 Å². The molecule has 1 fully saturated rings. The first-order chi connectivity index (χ1) is 14.1. The number of halogens is 2. The zero-order valence-corrected chi connectivity index (χ0v) is 17.6. The average molecular weight is 434 g/mol. The number of piperidine rings is 1. The number of carbonyl (C=O) groups excluding carboxylic acids is 1. The fraction of sp³-hybridized carbons (Fsp3) is 0.381. The highest BCUT2D eigenvalue weighted by Crippen LogP contribution is 2.42. The van der Waals surface area contributed by atoms with Crippen LogP contribution < -0.4 is 0 Å². The number of rotatable bonds is 5. The van der Waals surface area contributed by atoms with Crippen LogP contribution in [0.1, 0.15) is 49.2 Å². The molecule has 3 heterocycles. The van der Waals surface area contributed by atoms with Gasteiger partial charge in [0.2, 0.25) is 0 Å². The summed E-state index contributed by atoms with van der Waals surface area (Å²) in [5, 5.41) is 3.03. The summed E-state index contributed by atoms with van der Waals surface area (Å²) < 4.78 is 18.9. The van der Waals surface area contributed by atoms with E-state index in [1.807, 2.05) is 5.38 Å². The lowest BCUT2D eigenvalue weighted by Gasteiger charge is -2.39. The number of amidine groups is 1. The predicted molar refractivity (Wildman–Crippen MR) is 112 cm³/mol. The van der Waals surface area contributed by atoms with Crippen molar-refractivity contribution in [3.63, 3.8) is 0 Å². The second kappa shape index (κ2) is 8.63. The second-order valence-corrected chi connectivity index (χ2v) is 8.22. The number of esters is 1. The lowest BCUT2D eigenvalue weighted by atomic mass is 9.89. The quantitative estimate of drug-likeness (QED) is 0.613. The van der Waals surface area contributed by atoms with Gasteiger partial charge in [-0.25, -0.2) is 9.37 Å². The summed E-state index contributed by atoms with van der Waals surface area (Å²) >= 11 is 7.92. The lowest BCUT2D eigenvalue weighted by molar-refractivity contribution is -0.142. The second-order valence-electron chi connectivity index (χ2n) is 6.92. The van der Waals surface area contributed by atoms with Crippen molar-refractivity contribution in [2.45, 2.75) is 38.6 Å². The topological polar surface area (TPSA) is 54.8 Å². The predicted octanol–water partition coefficient (Wildman–Crippen LogP) is 5.13. The molecule has 1 atom stereocenters. The van der Waals surface area contributed by atoms with Gasteiger partial charge < -0.3 is 9.64 Å². The van der Waals surface area contributed by atoms with Gasteiger partial charge in [-0.3, -0.25) is 9.79 Å². The third kappa shape index (κ3) is 4.07. The standard InChI is InChI=1S/C21H21ClFN3O2S/c1-2-28-18(27)12-15-17-5-3-4-9-26(17)20(21-24-8-10-29-21)25-19(15)14-7-6-13(23)11-16(14)22/h6-8,10-11,19H,2-5,9,12H2,1H3. The first-order valence-corrected chi connectivity index (χ1v) is 10.9. The zero-order valence-electron chi connectivity index (χ0n) is 16.0. The van der Waals surface area contributed by atoms with Gasteiger partial charge in [0.15, 0.2) is 10.8 Å². The Bertz CT molecular complexity index is 974. The van der Waals surface area contributed by atoms with Crippen molar-refractivity contribution in [1.29, 1.82) is 0 Å². The van der Waals surface area contributed by atoms with E-state index in [0.29, 0.717) is 17.2 Å². The molecular formula is C21H21ClFN3O2S. The Morgan fingerprint density at radius 1 is 1.41 bits per heavy atom. The molecule has 2 aromatic rings. The Labute approximate surface area is 177 Å². The zero-order chi connectivity index (χ0) is 20.4. The number of aliphatic imine (C=N–C) groups is 1. The Hall–Kier alpha value is -2.25. The Balaban J connectivity index is 1.85. The smallest absolute Gasteiger partial charge is 0.310 e. The molecule has 29 heavy (non-hydrogen) atoms. The third-order valence-corrected chi connectivity index (χ3v) is 6.20. The molecular weight excluding hydrogens is 413 g/mol. The maximum absolute atomic E-state index is 13.7. The van der Waals surface area contributed by atoms with Crippen molar-refractivity contribution in [3.8, 4) is 0 Å². The Morgan fingerprint density at radius 2 is 2.28 bits per heavy atom. The van der Waals surface area contributed by atoms with Gasteiger partial charge in [-0.2, -0.15) is 0 Å². The van der Waals surface area contributed by atoms with Gasteiger partial charge >= 0.3 is 5.97 Å². The van der Waals surface area contributed by atoms with Gasteiger partial charge in [0.05, 0.1) is 13.0 Å². The molecule has 1 aromatic heterocycles. The van der Waals surface area contributed by atoms with Crippen LogP contribution in [0, 0.1) is 5.82 Å². The molecule has 0 aliphatic carbocycles. The number of allylic oxidation sites excluding steroid dienone is 1. The summed E-state index contributed by atoms with van der Waals surface area (Å²) in [5.41, 5.74) is 2.63. The van der Waals surface area contributed by atoms with Crippen LogP contribution in [0.2, 0.25) is 5.02 Å². The SMILES string of the molecule is CCOC(=O)CC1=C2CCCCN2C(c2nccs2)=NC1c1ccc(F)cc1Cl. The van der Waals surface area contributed by atoms with E-state index in [2.05, 4.69) is 9.88 Å². The third-order valence-electron chi connectivity index (χ3n) is 5.10. The van der Waals surface area contributed by atoms with E-state index in [0.717, 1.165) is 47.9 Å². The maximum Gasteiger partial charge on any atom is 0.310 e. The molecule has 0 N–H and O–H groups in total. The number of nitrogens with zero attached hydrogens (tertiary/aromatic N) is 3. The fourth-order valence-corrected chi connectivity index (χ4v) is 4.79. The van der Waals surface area contributed by atoms with Crippen LogP contribution in [0.25, 0.3) is 0 Å². The largest absolute Gasteiger partial charge is 0.466 e. The van der Waals surface area contributed by atoms with E-state index < -0.39 is 11.9 Å². The van der Waals surface area contributed by atoms with Crippen LogP contribution >= 0.6 is 22.9 Å². The average Bonchev–Trinajstić information content (AvgIpc) is 3.23. The number of hydrogen-bond donors (Lipinski definition) is 0. The van der Waals surface area contributed by atoms with Gasteiger partial charge in [-0.05, 0) is 49.5 Å². The first kappa shape index (κ1) is 20.0. The summed E-state index contributed by atoms with van der Waals surface area (Å²) in [6.45, 7) is 2.93. The number of thiazole rings is 1. The van der Waals surface area contributed by atoms with Crippen LogP contribution in [0.15, 0.2) is 46.0 Å². The highest BCUT2D eigenvalue weighted by atomic mass is 35.5. The van der Waals surface area contributed by atoms with Crippen LogP contribution in [-0.4, -0.2) is 34.8 Å². The fourth-order valence-electron chi connectivity index (χ4n) is 3.88. The molecule has 2 aliphatic heterocycles. The van der Waals surface area contributed by atoms with Crippen LogP contribution in [0.3, 0.4) is 0 Å². The van der Waals surface area contributed by atoms with Gasteiger partial charge in [-0.15, -0.1) is 11.3 Å². The summed E-state index contributed by atoms with van der Waals surface area (Å²) in [6.07, 6.45) is 4.81. The Morgan fingerprint density at radius 3 is 3.00 bits per heavy atom. The molecule has 0 bridgehead atoms. The van der Waals surface area contributed by atoms with Crippen LogP contribution in [-0.2, 0) is 9.53 Å². The number of fused-ring (bicyclic) bond motifs is 1. The van der Waals surface area contributed by atoms with E-state index >= 15 is 0 Å². The molecule has 152 valence electrons. The van der Waals surface area contributed by atoms with E-state index in [9.17, 15) is 9.18 Å². The molecule has 0 spiro atoms. The highest BCUT2D eigenvalue weighted by molar-refractivity contribution is 7.11. The van der Waals surface area contributed by atoms with Crippen molar-refractivity contribution in [1.82, 2.24) is 9.88 Å². The normalized spacial score (nSPS) is 19.1. The monoisotopic (exact) mass is 433 g/mol. The summed E-state index contributed by atoms with van der Waals surface area (Å²) in [7, 11) is 0. The minimum atomic E-state index is -0.476. The van der Waals surface area contributed by atoms with E-state index in [1.165, 1.54) is 23.5 Å². The highest BCUT2D eigenvalue weighted by Gasteiger charge is 2.35. The molecule has 1 aromatic carbocycles. The minimum Gasteiger partial charge on any atom is -0.466 e. The molecule has 1 unspecified atom stereocenters. The van der Waals surface area contributed by atoms with E-state index in [4.69, 9.17) is 21.3 Å². The first-order valence-electron chi connectivity index (χ1n) is 9.66. The molecule has 0 radical (unpaired) electrons. The molecule has 0 saturated carbocycles. The maximum atomic E-state index is 13.7. The Kier molecular flexibility index (Phi) is 5.96. The number of ether oxygens (including phenoxy) is 1. The molecule has 1 saturated heterocycles. The number of carbonyl (C=O) groups is 1. The van der Waals surface area contributed by atoms with Crippen molar-refractivity contribution in [2.24, 2.45) is 4.99 Å². The van der Waals surface area contributed by atoms with Crippen LogP contribution in [0.4, 0.5) is 4.39 Å². The minimum absolute atomic E-state index is 0.132. The van der Waals surface area contributed by atoms with Gasteiger partial charge in [0, 0.05) is 28.8 Å². The van der Waals surface area contributed by atoms with E-state index in [-0.39, 0.29) is 12.4 Å². The summed E-state index contributed by atoms with van der Waals surface area (Å²) in [6, 6.07) is 3.83. The summed E-state index contributed by atoms with van der Waals surface area (Å²) in [5.74, 6) is 0.0851.